The van der Waals surface area contributed by atoms with Gasteiger partial charge in [-0.2, -0.15) is 0 Å². The Bertz CT molecular complexity index is 619. The van der Waals surface area contributed by atoms with Gasteiger partial charge in [-0.1, -0.05) is 18.2 Å². The maximum absolute atomic E-state index is 12.8. The lowest BCUT2D eigenvalue weighted by Crippen LogP contribution is -2.32. The number of nitrogens with zero attached hydrogens (tertiary/aromatic N) is 2. The second kappa shape index (κ2) is 6.27. The molecule has 1 aromatic heterocycles. The molecular weight excluding hydrogens is 316 g/mol. The molecule has 0 aliphatic heterocycles. The molecule has 0 saturated heterocycles. The van der Waals surface area contributed by atoms with Crippen molar-refractivity contribution in [2.45, 2.75) is 27.3 Å². The molecular formula is C16H19BrN2O. The van der Waals surface area contributed by atoms with Crippen molar-refractivity contribution in [3.05, 3.63) is 52.3 Å². The molecule has 4 heteroatoms. The zero-order valence-corrected chi connectivity index (χ0v) is 13.6. The van der Waals surface area contributed by atoms with Gasteiger partial charge in [-0.15, -0.1) is 0 Å². The molecule has 0 bridgehead atoms. The second-order valence-electron chi connectivity index (χ2n) is 4.67. The summed E-state index contributed by atoms with van der Waals surface area (Å²) in [6.07, 6.45) is 1.94. The van der Waals surface area contributed by atoms with Gasteiger partial charge >= 0.3 is 0 Å². The average molecular weight is 335 g/mol. The minimum atomic E-state index is 0.0364. The predicted molar refractivity (Wildman–Crippen MR) is 86.3 cm³/mol. The van der Waals surface area contributed by atoms with Crippen LogP contribution in [0.25, 0.3) is 0 Å². The van der Waals surface area contributed by atoms with Crippen molar-refractivity contribution in [2.75, 3.05) is 11.4 Å². The van der Waals surface area contributed by atoms with Crippen LogP contribution in [-0.4, -0.2) is 17.0 Å². The van der Waals surface area contributed by atoms with Crippen LogP contribution in [0.3, 0.4) is 0 Å². The Balaban J connectivity index is 2.42. The van der Waals surface area contributed by atoms with Gasteiger partial charge in [0.2, 0.25) is 0 Å². The van der Waals surface area contributed by atoms with Crippen LogP contribution in [-0.2, 0) is 6.54 Å². The number of benzene rings is 1. The maximum Gasteiger partial charge on any atom is 0.274 e. The SMILES string of the molecule is CCN(C(=O)c1cc(Br)cn1CC)c1ccccc1C. The molecule has 2 aromatic rings. The molecule has 106 valence electrons. The summed E-state index contributed by atoms with van der Waals surface area (Å²) >= 11 is 3.44. The van der Waals surface area contributed by atoms with E-state index in [1.807, 2.05) is 66.8 Å². The van der Waals surface area contributed by atoms with Crippen LogP contribution >= 0.6 is 15.9 Å². The highest BCUT2D eigenvalue weighted by Crippen LogP contribution is 2.23. The third-order valence-electron chi connectivity index (χ3n) is 3.39. The highest BCUT2D eigenvalue weighted by molar-refractivity contribution is 9.10. The van der Waals surface area contributed by atoms with Crippen molar-refractivity contribution in [2.24, 2.45) is 0 Å². The normalized spacial score (nSPS) is 10.6. The van der Waals surface area contributed by atoms with E-state index in [4.69, 9.17) is 0 Å². The molecule has 1 heterocycles. The summed E-state index contributed by atoms with van der Waals surface area (Å²) in [6, 6.07) is 9.85. The summed E-state index contributed by atoms with van der Waals surface area (Å²) in [7, 11) is 0. The molecule has 1 amide bonds. The number of hydrogen-bond donors (Lipinski definition) is 0. The Kier molecular flexibility index (Phi) is 4.65. The van der Waals surface area contributed by atoms with E-state index < -0.39 is 0 Å². The van der Waals surface area contributed by atoms with Gasteiger partial charge in [0.25, 0.3) is 5.91 Å². The van der Waals surface area contributed by atoms with Crippen molar-refractivity contribution < 1.29 is 4.79 Å². The zero-order chi connectivity index (χ0) is 14.7. The lowest BCUT2D eigenvalue weighted by Gasteiger charge is -2.23. The first-order valence-electron chi connectivity index (χ1n) is 6.81. The molecule has 3 nitrogen and oxygen atoms in total. The fourth-order valence-electron chi connectivity index (χ4n) is 2.34. The highest BCUT2D eigenvalue weighted by Gasteiger charge is 2.20. The van der Waals surface area contributed by atoms with Gasteiger partial charge in [0.1, 0.15) is 5.69 Å². The largest absolute Gasteiger partial charge is 0.343 e. The van der Waals surface area contributed by atoms with Crippen LogP contribution in [0, 0.1) is 6.92 Å². The molecule has 0 radical (unpaired) electrons. The number of anilines is 1. The van der Waals surface area contributed by atoms with E-state index in [0.29, 0.717) is 12.2 Å². The summed E-state index contributed by atoms with van der Waals surface area (Å²) in [6.45, 7) is 7.49. The van der Waals surface area contributed by atoms with E-state index in [2.05, 4.69) is 15.9 Å². The number of carbonyl (C=O) groups excluding carboxylic acids is 1. The number of hydrogen-bond acceptors (Lipinski definition) is 1. The monoisotopic (exact) mass is 334 g/mol. The molecule has 0 spiro atoms. The van der Waals surface area contributed by atoms with Crippen LogP contribution in [0.4, 0.5) is 5.69 Å². The summed E-state index contributed by atoms with van der Waals surface area (Å²) < 4.78 is 2.90. The predicted octanol–water partition coefficient (Wildman–Crippen LogP) is 4.25. The van der Waals surface area contributed by atoms with Gasteiger partial charge in [0.15, 0.2) is 0 Å². The molecule has 0 aliphatic rings. The van der Waals surface area contributed by atoms with E-state index in [0.717, 1.165) is 22.3 Å². The van der Waals surface area contributed by atoms with Crippen LogP contribution in [0.1, 0.15) is 29.9 Å². The Morgan fingerprint density at radius 3 is 2.60 bits per heavy atom. The third kappa shape index (κ3) is 2.80. The van der Waals surface area contributed by atoms with E-state index in [-0.39, 0.29) is 5.91 Å². The first kappa shape index (κ1) is 14.9. The molecule has 0 aliphatic carbocycles. The first-order valence-corrected chi connectivity index (χ1v) is 7.61. The number of para-hydroxylation sites is 1. The molecule has 0 atom stereocenters. The summed E-state index contributed by atoms with van der Waals surface area (Å²) in [5.74, 6) is 0.0364. The number of aryl methyl sites for hydroxylation is 2. The number of carbonyl (C=O) groups is 1. The van der Waals surface area contributed by atoms with Crippen LogP contribution in [0.2, 0.25) is 0 Å². The van der Waals surface area contributed by atoms with Gasteiger partial charge in [0.05, 0.1) is 0 Å². The highest BCUT2D eigenvalue weighted by atomic mass is 79.9. The standard InChI is InChI=1S/C16H19BrN2O/c1-4-18-11-13(17)10-15(18)16(20)19(5-2)14-9-7-6-8-12(14)3/h6-11H,4-5H2,1-3H3. The zero-order valence-electron chi connectivity index (χ0n) is 12.1. The fourth-order valence-corrected chi connectivity index (χ4v) is 2.81. The smallest absolute Gasteiger partial charge is 0.274 e. The summed E-state index contributed by atoms with van der Waals surface area (Å²) in [5, 5.41) is 0. The number of amides is 1. The van der Waals surface area contributed by atoms with Crippen LogP contribution in [0.15, 0.2) is 41.0 Å². The molecule has 1 aromatic carbocycles. The van der Waals surface area contributed by atoms with Gasteiger partial charge in [-0.05, 0) is 54.4 Å². The first-order chi connectivity index (χ1) is 9.58. The van der Waals surface area contributed by atoms with E-state index in [9.17, 15) is 4.79 Å². The number of halogens is 1. The van der Waals surface area contributed by atoms with E-state index >= 15 is 0 Å². The lowest BCUT2D eigenvalue weighted by molar-refractivity contribution is 0.0979. The van der Waals surface area contributed by atoms with Gasteiger partial charge < -0.3 is 9.47 Å². The summed E-state index contributed by atoms with van der Waals surface area (Å²) in [5.41, 5.74) is 2.79. The fraction of sp³-hybridized carbons (Fsp3) is 0.312. The van der Waals surface area contributed by atoms with Crippen molar-refractivity contribution in [1.82, 2.24) is 4.57 Å². The Labute approximate surface area is 128 Å². The minimum Gasteiger partial charge on any atom is -0.343 e. The van der Waals surface area contributed by atoms with Crippen molar-refractivity contribution in [3.63, 3.8) is 0 Å². The third-order valence-corrected chi connectivity index (χ3v) is 3.82. The van der Waals surface area contributed by atoms with Crippen molar-refractivity contribution in [3.8, 4) is 0 Å². The Morgan fingerprint density at radius 2 is 2.00 bits per heavy atom. The van der Waals surface area contributed by atoms with E-state index in [1.54, 1.807) is 0 Å². The lowest BCUT2D eigenvalue weighted by atomic mass is 10.1. The van der Waals surface area contributed by atoms with Gasteiger partial charge in [0, 0.05) is 29.4 Å². The Hall–Kier alpha value is -1.55. The quantitative estimate of drug-likeness (QED) is 0.820. The Morgan fingerprint density at radius 1 is 1.30 bits per heavy atom. The van der Waals surface area contributed by atoms with Crippen molar-refractivity contribution in [1.29, 1.82) is 0 Å². The molecule has 0 unspecified atom stereocenters. The number of aromatic nitrogens is 1. The summed E-state index contributed by atoms with van der Waals surface area (Å²) in [4.78, 5) is 14.6. The van der Waals surface area contributed by atoms with E-state index in [1.165, 1.54) is 0 Å². The average Bonchev–Trinajstić information content (AvgIpc) is 2.82. The molecule has 0 N–H and O–H groups in total. The van der Waals surface area contributed by atoms with Crippen LogP contribution < -0.4 is 4.90 Å². The molecule has 20 heavy (non-hydrogen) atoms. The van der Waals surface area contributed by atoms with Crippen molar-refractivity contribution >= 4 is 27.5 Å². The molecule has 2 rings (SSSR count). The van der Waals surface area contributed by atoms with Gasteiger partial charge in [-0.25, -0.2) is 0 Å². The van der Waals surface area contributed by atoms with Crippen LogP contribution in [0.5, 0.6) is 0 Å². The topological polar surface area (TPSA) is 25.2 Å². The molecule has 0 fully saturated rings. The maximum atomic E-state index is 12.8. The second-order valence-corrected chi connectivity index (χ2v) is 5.58. The minimum absolute atomic E-state index is 0.0364. The van der Waals surface area contributed by atoms with Gasteiger partial charge in [-0.3, -0.25) is 4.79 Å². The number of rotatable bonds is 4. The molecule has 0 saturated carbocycles.